The predicted octanol–water partition coefficient (Wildman–Crippen LogP) is 1.87. The lowest BCUT2D eigenvalue weighted by atomic mass is 9.91. The Kier molecular flexibility index (Phi) is 5.37. The van der Waals surface area contributed by atoms with E-state index in [9.17, 15) is 5.11 Å². The molecule has 0 aliphatic carbocycles. The van der Waals surface area contributed by atoms with Crippen molar-refractivity contribution in [1.29, 1.82) is 0 Å². The highest BCUT2D eigenvalue weighted by Crippen LogP contribution is 2.19. The first-order chi connectivity index (χ1) is 9.19. The van der Waals surface area contributed by atoms with Crippen LogP contribution in [0.2, 0.25) is 0 Å². The van der Waals surface area contributed by atoms with Gasteiger partial charge in [0.2, 0.25) is 0 Å². The molecule has 0 unspecified atom stereocenters. The van der Waals surface area contributed by atoms with Crippen LogP contribution in [0.25, 0.3) is 0 Å². The van der Waals surface area contributed by atoms with E-state index in [1.807, 2.05) is 0 Å². The van der Waals surface area contributed by atoms with Crippen LogP contribution in [-0.4, -0.2) is 41.8 Å². The average Bonchev–Trinajstić information content (AvgIpc) is 2.39. The second-order valence-corrected chi connectivity index (χ2v) is 5.88. The summed E-state index contributed by atoms with van der Waals surface area (Å²) < 4.78 is 0. The van der Waals surface area contributed by atoms with E-state index in [0.717, 1.165) is 26.1 Å². The van der Waals surface area contributed by atoms with Crippen LogP contribution in [0.5, 0.6) is 0 Å². The van der Waals surface area contributed by atoms with E-state index in [1.54, 1.807) is 0 Å². The second kappa shape index (κ2) is 7.04. The summed E-state index contributed by atoms with van der Waals surface area (Å²) in [5, 5.41) is 13.1. The fourth-order valence-electron chi connectivity index (χ4n) is 2.89. The summed E-state index contributed by atoms with van der Waals surface area (Å²) in [6.07, 6.45) is 1.08. The maximum absolute atomic E-state index is 9.49. The maximum atomic E-state index is 9.49. The summed E-state index contributed by atoms with van der Waals surface area (Å²) in [7, 11) is 0. The molecule has 1 aromatic rings. The lowest BCUT2D eigenvalue weighted by molar-refractivity contribution is 0.0877. The van der Waals surface area contributed by atoms with Gasteiger partial charge >= 0.3 is 0 Å². The molecule has 0 amide bonds. The number of hydrogen-bond donors (Lipinski definition) is 2. The Morgan fingerprint density at radius 3 is 2.68 bits per heavy atom. The summed E-state index contributed by atoms with van der Waals surface area (Å²) in [6, 6.07) is 11.5. The highest BCUT2D eigenvalue weighted by Gasteiger charge is 2.28. The number of likely N-dealkylation sites (tertiary alicyclic amines) is 1. The molecule has 1 heterocycles. The molecule has 106 valence electrons. The molecule has 19 heavy (non-hydrogen) atoms. The Balaban J connectivity index is 1.93. The molecule has 2 atom stereocenters. The van der Waals surface area contributed by atoms with Gasteiger partial charge in [0.25, 0.3) is 0 Å². The quantitative estimate of drug-likeness (QED) is 0.850. The highest BCUT2D eigenvalue weighted by molar-refractivity contribution is 5.14. The fraction of sp³-hybridized carbons (Fsp3) is 0.625. The van der Waals surface area contributed by atoms with E-state index in [2.05, 4.69) is 54.4 Å². The molecule has 3 nitrogen and oxygen atoms in total. The molecule has 0 aromatic heterocycles. The van der Waals surface area contributed by atoms with Crippen LogP contribution in [0.1, 0.15) is 25.8 Å². The van der Waals surface area contributed by atoms with Crippen LogP contribution >= 0.6 is 0 Å². The van der Waals surface area contributed by atoms with Gasteiger partial charge in [0.1, 0.15) is 0 Å². The molecule has 0 saturated carbocycles. The van der Waals surface area contributed by atoms with Gasteiger partial charge in [0.05, 0.1) is 0 Å². The zero-order valence-corrected chi connectivity index (χ0v) is 12.0. The molecule has 1 fully saturated rings. The first-order valence-corrected chi connectivity index (χ1v) is 7.32. The Hall–Kier alpha value is -0.900. The summed E-state index contributed by atoms with van der Waals surface area (Å²) in [5.41, 5.74) is 1.37. The van der Waals surface area contributed by atoms with Gasteiger partial charge in [-0.15, -0.1) is 0 Å². The average molecular weight is 262 g/mol. The van der Waals surface area contributed by atoms with Crippen molar-refractivity contribution in [3.8, 4) is 0 Å². The third-order valence-corrected chi connectivity index (χ3v) is 3.87. The minimum atomic E-state index is 0.295. The van der Waals surface area contributed by atoms with Gasteiger partial charge in [-0.05, 0) is 24.4 Å². The molecule has 1 saturated heterocycles. The fourth-order valence-corrected chi connectivity index (χ4v) is 2.89. The first kappa shape index (κ1) is 14.5. The minimum absolute atomic E-state index is 0.295. The van der Waals surface area contributed by atoms with Gasteiger partial charge in [0.15, 0.2) is 0 Å². The van der Waals surface area contributed by atoms with Crippen molar-refractivity contribution in [1.82, 2.24) is 10.2 Å². The highest BCUT2D eigenvalue weighted by atomic mass is 16.3. The van der Waals surface area contributed by atoms with Crippen molar-refractivity contribution in [2.24, 2.45) is 5.92 Å². The monoisotopic (exact) mass is 262 g/mol. The van der Waals surface area contributed by atoms with Gasteiger partial charge in [-0.1, -0.05) is 44.2 Å². The second-order valence-electron chi connectivity index (χ2n) is 5.88. The Morgan fingerprint density at radius 1 is 1.32 bits per heavy atom. The largest absolute Gasteiger partial charge is 0.396 e. The number of hydrogen-bond acceptors (Lipinski definition) is 3. The van der Waals surface area contributed by atoms with Crippen molar-refractivity contribution >= 4 is 0 Å². The van der Waals surface area contributed by atoms with Gasteiger partial charge in [0, 0.05) is 31.8 Å². The van der Waals surface area contributed by atoms with Crippen LogP contribution < -0.4 is 5.32 Å². The Labute approximate surface area is 116 Å². The molecular formula is C16H26N2O. The third-order valence-electron chi connectivity index (χ3n) is 3.87. The molecule has 1 aliphatic rings. The summed E-state index contributed by atoms with van der Waals surface area (Å²) in [4.78, 5) is 2.49. The molecule has 0 radical (unpaired) electrons. The molecule has 0 spiro atoms. The smallest absolute Gasteiger partial charge is 0.0475 e. The molecule has 3 heteroatoms. The van der Waals surface area contributed by atoms with E-state index >= 15 is 0 Å². The zero-order chi connectivity index (χ0) is 13.7. The number of rotatable bonds is 5. The summed E-state index contributed by atoms with van der Waals surface area (Å²) in [6.45, 7) is 7.75. The first-order valence-electron chi connectivity index (χ1n) is 7.32. The molecule has 1 aliphatic heterocycles. The number of aliphatic hydroxyl groups excluding tert-OH is 1. The molecule has 0 bridgehead atoms. The minimum Gasteiger partial charge on any atom is -0.396 e. The van der Waals surface area contributed by atoms with Crippen LogP contribution in [0, 0.1) is 5.92 Å². The van der Waals surface area contributed by atoms with Crippen molar-refractivity contribution < 1.29 is 5.11 Å². The van der Waals surface area contributed by atoms with Crippen LogP contribution in [0.3, 0.4) is 0 Å². The zero-order valence-electron chi connectivity index (χ0n) is 12.0. The number of benzene rings is 1. The lowest BCUT2D eigenvalue weighted by Crippen LogP contribution is -2.53. The maximum Gasteiger partial charge on any atom is 0.0475 e. The number of nitrogens with one attached hydrogen (secondary N) is 1. The SMILES string of the molecule is CC(C)N[C@@H]1CN(Cc2ccccc2)CC[C@@H]1CO. The van der Waals surface area contributed by atoms with Crippen LogP contribution in [0.4, 0.5) is 0 Å². The van der Waals surface area contributed by atoms with Crippen molar-refractivity contribution in [3.63, 3.8) is 0 Å². The predicted molar refractivity (Wildman–Crippen MR) is 79.0 cm³/mol. The molecule has 2 rings (SSSR count). The van der Waals surface area contributed by atoms with Crippen molar-refractivity contribution in [3.05, 3.63) is 35.9 Å². The topological polar surface area (TPSA) is 35.5 Å². The number of nitrogens with zero attached hydrogens (tertiary/aromatic N) is 1. The van der Waals surface area contributed by atoms with Crippen LogP contribution in [0.15, 0.2) is 30.3 Å². The molecule has 1 aromatic carbocycles. The molecule has 2 N–H and O–H groups in total. The third kappa shape index (κ3) is 4.30. The van der Waals surface area contributed by atoms with E-state index in [0.29, 0.717) is 24.6 Å². The number of piperidine rings is 1. The summed E-state index contributed by atoms with van der Waals surface area (Å²) in [5.74, 6) is 0.398. The van der Waals surface area contributed by atoms with Gasteiger partial charge in [-0.25, -0.2) is 0 Å². The normalized spacial score (nSPS) is 24.8. The van der Waals surface area contributed by atoms with Gasteiger partial charge in [-0.2, -0.15) is 0 Å². The summed E-state index contributed by atoms with van der Waals surface area (Å²) >= 11 is 0. The van der Waals surface area contributed by atoms with E-state index in [1.165, 1.54) is 5.56 Å². The Morgan fingerprint density at radius 2 is 2.05 bits per heavy atom. The van der Waals surface area contributed by atoms with E-state index < -0.39 is 0 Å². The van der Waals surface area contributed by atoms with Gasteiger partial charge < -0.3 is 10.4 Å². The van der Waals surface area contributed by atoms with Gasteiger partial charge in [-0.3, -0.25) is 4.90 Å². The number of aliphatic hydroxyl groups is 1. The lowest BCUT2D eigenvalue weighted by Gasteiger charge is -2.39. The van der Waals surface area contributed by atoms with E-state index in [4.69, 9.17) is 0 Å². The van der Waals surface area contributed by atoms with E-state index in [-0.39, 0.29) is 0 Å². The van der Waals surface area contributed by atoms with Crippen LogP contribution in [-0.2, 0) is 6.54 Å². The Bertz CT molecular complexity index is 366. The van der Waals surface area contributed by atoms with Crippen molar-refractivity contribution in [2.45, 2.75) is 38.9 Å². The standard InChI is InChI=1S/C16H26N2O/c1-13(2)17-16-11-18(9-8-15(16)12-19)10-14-6-4-3-5-7-14/h3-7,13,15-17,19H,8-12H2,1-2H3/t15-,16-/m1/s1. The van der Waals surface area contributed by atoms with Crippen molar-refractivity contribution in [2.75, 3.05) is 19.7 Å². The molecular weight excluding hydrogens is 236 g/mol.